The van der Waals surface area contributed by atoms with E-state index in [0.717, 1.165) is 42.3 Å². The Hall–Kier alpha value is -2.73. The molecule has 4 rings (SSSR count). The number of halogens is 1. The molecule has 1 aromatic heterocycles. The Morgan fingerprint density at radius 2 is 2.00 bits per heavy atom. The number of rotatable bonds is 5. The average molecular weight is 380 g/mol. The van der Waals surface area contributed by atoms with Gasteiger partial charge in [0.15, 0.2) is 0 Å². The molecule has 146 valence electrons. The highest BCUT2D eigenvalue weighted by atomic mass is 19.1. The monoisotopic (exact) mass is 380 g/mol. The van der Waals surface area contributed by atoms with Gasteiger partial charge in [-0.2, -0.15) is 0 Å². The Kier molecular flexibility index (Phi) is 5.39. The molecule has 28 heavy (non-hydrogen) atoms. The van der Waals surface area contributed by atoms with Crippen molar-refractivity contribution in [3.63, 3.8) is 0 Å². The van der Waals surface area contributed by atoms with E-state index in [1.165, 1.54) is 12.1 Å². The minimum absolute atomic E-state index is 0.0221. The lowest BCUT2D eigenvalue weighted by Crippen LogP contribution is -2.40. The number of benzene rings is 2. The van der Waals surface area contributed by atoms with E-state index in [0.29, 0.717) is 6.54 Å². The van der Waals surface area contributed by atoms with Gasteiger partial charge in [-0.3, -0.25) is 4.79 Å². The van der Waals surface area contributed by atoms with Crippen molar-refractivity contribution in [1.82, 2.24) is 14.9 Å². The minimum Gasteiger partial charge on any atom is -0.347 e. The van der Waals surface area contributed by atoms with Crippen LogP contribution in [0.1, 0.15) is 37.3 Å². The summed E-state index contributed by atoms with van der Waals surface area (Å²) in [6.07, 6.45) is 5.32. The smallest absolute Gasteiger partial charge is 0.223 e. The molecule has 0 spiro atoms. The number of para-hydroxylation sites is 2. The third-order valence-electron chi connectivity index (χ3n) is 5.58. The zero-order chi connectivity index (χ0) is 19.5. The summed E-state index contributed by atoms with van der Waals surface area (Å²) in [6, 6.07) is 14.0. The topological polar surface area (TPSA) is 72.9 Å². The molecule has 6 heteroatoms. The molecular formula is C22H25FN4O. The van der Waals surface area contributed by atoms with Crippen LogP contribution in [-0.2, 0) is 11.3 Å². The Morgan fingerprint density at radius 3 is 2.79 bits per heavy atom. The number of imidazole rings is 1. The van der Waals surface area contributed by atoms with Crippen LogP contribution in [0.5, 0.6) is 0 Å². The van der Waals surface area contributed by atoms with E-state index >= 15 is 0 Å². The second-order valence-corrected chi connectivity index (χ2v) is 7.62. The largest absolute Gasteiger partial charge is 0.347 e. The zero-order valence-corrected chi connectivity index (χ0v) is 15.7. The van der Waals surface area contributed by atoms with Gasteiger partial charge in [0.25, 0.3) is 0 Å². The average Bonchev–Trinajstić information content (AvgIpc) is 3.11. The lowest BCUT2D eigenvalue weighted by atomic mass is 9.85. The van der Waals surface area contributed by atoms with Gasteiger partial charge >= 0.3 is 0 Å². The third-order valence-corrected chi connectivity index (χ3v) is 5.58. The molecule has 0 radical (unpaired) electrons. The number of nitrogens with one attached hydrogen (secondary N) is 1. The number of carbonyl (C=O) groups excluding carboxylic acids is 1. The number of hydrogen-bond donors (Lipinski definition) is 2. The summed E-state index contributed by atoms with van der Waals surface area (Å²) >= 11 is 0. The maximum Gasteiger partial charge on any atom is 0.223 e. The van der Waals surface area contributed by atoms with Crippen LogP contribution in [0.4, 0.5) is 4.39 Å². The van der Waals surface area contributed by atoms with E-state index in [1.54, 1.807) is 18.5 Å². The molecule has 1 aliphatic carbocycles. The summed E-state index contributed by atoms with van der Waals surface area (Å²) in [4.78, 5) is 17.4. The summed E-state index contributed by atoms with van der Waals surface area (Å²) < 4.78 is 15.4. The van der Waals surface area contributed by atoms with Crippen LogP contribution < -0.4 is 11.1 Å². The Labute approximate surface area is 163 Å². The van der Waals surface area contributed by atoms with Gasteiger partial charge in [0.1, 0.15) is 5.82 Å². The first-order valence-electron chi connectivity index (χ1n) is 9.81. The van der Waals surface area contributed by atoms with Gasteiger partial charge in [0.2, 0.25) is 5.91 Å². The highest BCUT2D eigenvalue weighted by Crippen LogP contribution is 2.25. The van der Waals surface area contributed by atoms with Gasteiger partial charge < -0.3 is 15.6 Å². The first-order chi connectivity index (χ1) is 13.6. The Balaban J connectivity index is 1.58. The maximum absolute atomic E-state index is 13.4. The highest BCUT2D eigenvalue weighted by Gasteiger charge is 2.27. The van der Waals surface area contributed by atoms with Crippen molar-refractivity contribution in [3.8, 4) is 0 Å². The van der Waals surface area contributed by atoms with Crippen LogP contribution in [0.25, 0.3) is 11.0 Å². The van der Waals surface area contributed by atoms with Gasteiger partial charge in [0, 0.05) is 18.5 Å². The molecule has 0 saturated heterocycles. The molecule has 3 unspecified atom stereocenters. The molecule has 1 amide bonds. The first kappa shape index (κ1) is 18.6. The molecule has 3 aromatic rings. The Morgan fingerprint density at radius 1 is 1.21 bits per heavy atom. The van der Waals surface area contributed by atoms with Crippen LogP contribution in [0, 0.1) is 11.7 Å². The van der Waals surface area contributed by atoms with E-state index in [2.05, 4.69) is 10.3 Å². The second kappa shape index (κ2) is 8.10. The van der Waals surface area contributed by atoms with Crippen molar-refractivity contribution in [2.75, 3.05) is 0 Å². The van der Waals surface area contributed by atoms with Crippen LogP contribution in [-0.4, -0.2) is 21.5 Å². The van der Waals surface area contributed by atoms with Crippen molar-refractivity contribution in [3.05, 3.63) is 66.2 Å². The summed E-state index contributed by atoms with van der Waals surface area (Å²) in [5, 5.41) is 3.18. The minimum atomic E-state index is -0.292. The van der Waals surface area contributed by atoms with Crippen molar-refractivity contribution in [2.24, 2.45) is 11.7 Å². The maximum atomic E-state index is 13.4. The molecule has 1 aliphatic rings. The summed E-state index contributed by atoms with van der Waals surface area (Å²) in [6.45, 7) is 0.524. The van der Waals surface area contributed by atoms with Crippen molar-refractivity contribution < 1.29 is 9.18 Å². The van der Waals surface area contributed by atoms with Crippen LogP contribution in [0.3, 0.4) is 0 Å². The summed E-state index contributed by atoms with van der Waals surface area (Å²) in [5.41, 5.74) is 8.84. The number of amides is 1. The van der Waals surface area contributed by atoms with E-state index in [1.807, 2.05) is 28.8 Å². The number of hydrogen-bond acceptors (Lipinski definition) is 3. The highest BCUT2D eigenvalue weighted by molar-refractivity contribution is 5.79. The lowest BCUT2D eigenvalue weighted by Gasteiger charge is -2.28. The molecular weight excluding hydrogens is 355 g/mol. The van der Waals surface area contributed by atoms with Crippen LogP contribution in [0.2, 0.25) is 0 Å². The molecule has 3 atom stereocenters. The second-order valence-electron chi connectivity index (χ2n) is 7.62. The molecule has 0 aliphatic heterocycles. The van der Waals surface area contributed by atoms with E-state index in [9.17, 15) is 9.18 Å². The number of fused-ring (bicyclic) bond motifs is 1. The molecule has 5 nitrogen and oxygen atoms in total. The van der Waals surface area contributed by atoms with Crippen molar-refractivity contribution in [2.45, 2.75) is 44.3 Å². The van der Waals surface area contributed by atoms with Gasteiger partial charge in [-0.1, -0.05) is 30.7 Å². The molecule has 1 fully saturated rings. The molecule has 1 heterocycles. The first-order valence-corrected chi connectivity index (χ1v) is 9.81. The normalized spacial score (nSPS) is 20.8. The van der Waals surface area contributed by atoms with Gasteiger partial charge in [-0.25, -0.2) is 9.37 Å². The van der Waals surface area contributed by atoms with Crippen molar-refractivity contribution in [1.29, 1.82) is 0 Å². The fraction of sp³-hybridized carbons (Fsp3) is 0.364. The molecule has 3 N–H and O–H groups in total. The fourth-order valence-corrected chi connectivity index (χ4v) is 4.04. The predicted octanol–water partition coefficient (Wildman–Crippen LogP) is 3.55. The summed E-state index contributed by atoms with van der Waals surface area (Å²) in [7, 11) is 0. The van der Waals surface area contributed by atoms with Crippen LogP contribution >= 0.6 is 0 Å². The molecule has 1 saturated carbocycles. The van der Waals surface area contributed by atoms with Crippen molar-refractivity contribution >= 4 is 16.9 Å². The van der Waals surface area contributed by atoms with E-state index < -0.39 is 0 Å². The third kappa shape index (κ3) is 4.07. The fourth-order valence-electron chi connectivity index (χ4n) is 4.04. The van der Waals surface area contributed by atoms with Crippen LogP contribution in [0.15, 0.2) is 54.9 Å². The molecule has 2 aromatic carbocycles. The number of carbonyl (C=O) groups is 1. The van der Waals surface area contributed by atoms with Gasteiger partial charge in [0.05, 0.1) is 23.4 Å². The van der Waals surface area contributed by atoms with Gasteiger partial charge in [-0.05, 0) is 49.1 Å². The standard InChI is InChI=1S/C22H25FN4O/c23-17-10-8-15(9-11-17)20(26-22(28)16-4-3-5-18(24)12-16)13-27-14-25-19-6-1-2-7-21(19)27/h1-2,6-11,14,16,18,20H,3-5,12-13,24H2,(H,26,28). The Bertz CT molecular complexity index is 953. The van der Waals surface area contributed by atoms with E-state index in [4.69, 9.17) is 5.73 Å². The zero-order valence-electron chi connectivity index (χ0n) is 15.7. The number of nitrogens with zero attached hydrogens (tertiary/aromatic N) is 2. The predicted molar refractivity (Wildman–Crippen MR) is 107 cm³/mol. The molecule has 0 bridgehead atoms. The number of nitrogens with two attached hydrogens (primary N) is 1. The van der Waals surface area contributed by atoms with Gasteiger partial charge in [-0.15, -0.1) is 0 Å². The lowest BCUT2D eigenvalue weighted by molar-refractivity contribution is -0.127. The summed E-state index contributed by atoms with van der Waals surface area (Å²) in [5.74, 6) is -0.333. The number of aromatic nitrogens is 2. The SMILES string of the molecule is NC1CCCC(C(=O)NC(Cn2cnc3ccccc32)c2ccc(F)cc2)C1. The quantitative estimate of drug-likeness (QED) is 0.711. The van der Waals surface area contributed by atoms with E-state index in [-0.39, 0.29) is 29.7 Å².